The maximum absolute atomic E-state index is 9.71. The lowest BCUT2D eigenvalue weighted by molar-refractivity contribution is 0.170. The van der Waals surface area contributed by atoms with Crippen LogP contribution < -0.4 is 0 Å². The summed E-state index contributed by atoms with van der Waals surface area (Å²) in [6.45, 7) is 2.16. The first-order valence-electron chi connectivity index (χ1n) is 4.75. The van der Waals surface area contributed by atoms with E-state index in [4.69, 9.17) is 0 Å². The van der Waals surface area contributed by atoms with E-state index < -0.39 is 0 Å². The van der Waals surface area contributed by atoms with Crippen molar-refractivity contribution in [2.75, 3.05) is 5.75 Å². The molecule has 0 aliphatic carbocycles. The number of hydrogen-bond acceptors (Lipinski definition) is 2. The molecule has 1 aromatic carbocycles. The summed E-state index contributed by atoms with van der Waals surface area (Å²) in [5, 5.41) is 9.71. The number of rotatable bonds is 1. The van der Waals surface area contributed by atoms with Gasteiger partial charge in [-0.25, -0.2) is 0 Å². The first-order chi connectivity index (χ1) is 6.31. The lowest BCUT2D eigenvalue weighted by Gasteiger charge is -2.21. The molecule has 1 N–H and O–H groups in total. The molecule has 1 aliphatic heterocycles. The Labute approximate surface area is 83.2 Å². The maximum atomic E-state index is 9.71. The Hall–Kier alpha value is -0.470. The molecule has 0 spiro atoms. The van der Waals surface area contributed by atoms with E-state index in [2.05, 4.69) is 25.1 Å². The number of hydrogen-bond donors (Lipinski definition) is 1. The Kier molecular flexibility index (Phi) is 2.61. The molecule has 0 fully saturated rings. The molecular formula is C11H14OS. The van der Waals surface area contributed by atoms with Gasteiger partial charge in [0.15, 0.2) is 0 Å². The molecule has 1 aliphatic rings. The van der Waals surface area contributed by atoms with Crippen LogP contribution in [0.3, 0.4) is 0 Å². The first-order valence-corrected chi connectivity index (χ1v) is 5.73. The SMILES string of the molecule is CCc1ccc2c(c1)SCCC2O. The van der Waals surface area contributed by atoms with Crippen LogP contribution in [0.25, 0.3) is 0 Å². The van der Waals surface area contributed by atoms with Crippen LogP contribution in [0.2, 0.25) is 0 Å². The van der Waals surface area contributed by atoms with E-state index in [-0.39, 0.29) is 6.10 Å². The highest BCUT2D eigenvalue weighted by molar-refractivity contribution is 7.99. The fraction of sp³-hybridized carbons (Fsp3) is 0.455. The molecule has 0 saturated carbocycles. The zero-order valence-electron chi connectivity index (χ0n) is 7.79. The van der Waals surface area contributed by atoms with E-state index in [0.29, 0.717) is 0 Å². The van der Waals surface area contributed by atoms with E-state index >= 15 is 0 Å². The van der Waals surface area contributed by atoms with Crippen molar-refractivity contribution >= 4 is 11.8 Å². The van der Waals surface area contributed by atoms with Crippen LogP contribution in [0.4, 0.5) is 0 Å². The zero-order valence-corrected chi connectivity index (χ0v) is 8.60. The third-order valence-electron chi connectivity index (χ3n) is 2.49. The summed E-state index contributed by atoms with van der Waals surface area (Å²) in [5.74, 6) is 1.04. The second-order valence-electron chi connectivity index (χ2n) is 3.38. The summed E-state index contributed by atoms with van der Waals surface area (Å²) in [7, 11) is 0. The number of aliphatic hydroxyl groups is 1. The van der Waals surface area contributed by atoms with Gasteiger partial charge < -0.3 is 5.11 Å². The van der Waals surface area contributed by atoms with Crippen LogP contribution in [-0.2, 0) is 6.42 Å². The van der Waals surface area contributed by atoms with E-state index in [9.17, 15) is 5.11 Å². The molecular weight excluding hydrogens is 180 g/mol. The number of aryl methyl sites for hydroxylation is 1. The third-order valence-corrected chi connectivity index (χ3v) is 3.60. The number of aliphatic hydroxyl groups excluding tert-OH is 1. The van der Waals surface area contributed by atoms with E-state index in [1.165, 1.54) is 10.5 Å². The quantitative estimate of drug-likeness (QED) is 0.742. The van der Waals surface area contributed by atoms with Crippen LogP contribution in [0.5, 0.6) is 0 Å². The Morgan fingerprint density at radius 2 is 2.38 bits per heavy atom. The van der Waals surface area contributed by atoms with Crippen molar-refractivity contribution < 1.29 is 5.11 Å². The summed E-state index contributed by atoms with van der Waals surface area (Å²) in [6, 6.07) is 6.40. The lowest BCUT2D eigenvalue weighted by atomic mass is 10.0. The van der Waals surface area contributed by atoms with Crippen LogP contribution >= 0.6 is 11.8 Å². The van der Waals surface area contributed by atoms with Gasteiger partial charge >= 0.3 is 0 Å². The molecule has 1 heterocycles. The highest BCUT2D eigenvalue weighted by atomic mass is 32.2. The van der Waals surface area contributed by atoms with Crippen molar-refractivity contribution in [1.29, 1.82) is 0 Å². The molecule has 2 rings (SSSR count). The highest BCUT2D eigenvalue weighted by Gasteiger charge is 2.17. The van der Waals surface area contributed by atoms with Crippen molar-refractivity contribution in [3.8, 4) is 0 Å². The van der Waals surface area contributed by atoms with E-state index in [1.807, 2.05) is 11.8 Å². The third kappa shape index (κ3) is 1.74. The lowest BCUT2D eigenvalue weighted by Crippen LogP contribution is -2.06. The first kappa shape index (κ1) is 9.10. The molecule has 13 heavy (non-hydrogen) atoms. The summed E-state index contributed by atoms with van der Waals surface area (Å²) in [6.07, 6.45) is 1.73. The smallest absolute Gasteiger partial charge is 0.0808 e. The van der Waals surface area contributed by atoms with Crippen molar-refractivity contribution in [1.82, 2.24) is 0 Å². The molecule has 1 atom stereocenters. The van der Waals surface area contributed by atoms with Crippen LogP contribution in [-0.4, -0.2) is 10.9 Å². The van der Waals surface area contributed by atoms with Crippen LogP contribution in [0, 0.1) is 0 Å². The van der Waals surface area contributed by atoms with Gasteiger partial charge in [0.05, 0.1) is 6.10 Å². The summed E-state index contributed by atoms with van der Waals surface area (Å²) in [4.78, 5) is 1.28. The Balaban J connectivity index is 2.39. The molecule has 0 radical (unpaired) electrons. The van der Waals surface area contributed by atoms with Gasteiger partial charge in [0, 0.05) is 10.6 Å². The summed E-state index contributed by atoms with van der Waals surface area (Å²) >= 11 is 1.86. The molecule has 0 bridgehead atoms. The monoisotopic (exact) mass is 194 g/mol. The highest BCUT2D eigenvalue weighted by Crippen LogP contribution is 2.36. The van der Waals surface area contributed by atoms with Crippen molar-refractivity contribution in [2.24, 2.45) is 0 Å². The normalized spacial score (nSPS) is 21.2. The zero-order chi connectivity index (χ0) is 9.26. The van der Waals surface area contributed by atoms with Crippen LogP contribution in [0.1, 0.15) is 30.6 Å². The van der Waals surface area contributed by atoms with Gasteiger partial charge in [-0.15, -0.1) is 11.8 Å². The number of thioether (sulfide) groups is 1. The van der Waals surface area contributed by atoms with E-state index in [0.717, 1.165) is 24.2 Å². The Morgan fingerprint density at radius 1 is 1.54 bits per heavy atom. The van der Waals surface area contributed by atoms with Gasteiger partial charge in [-0.3, -0.25) is 0 Å². The van der Waals surface area contributed by atoms with Gasteiger partial charge in [0.2, 0.25) is 0 Å². The van der Waals surface area contributed by atoms with Gasteiger partial charge in [-0.2, -0.15) is 0 Å². The summed E-state index contributed by atoms with van der Waals surface area (Å²) < 4.78 is 0. The van der Waals surface area contributed by atoms with Crippen molar-refractivity contribution in [3.63, 3.8) is 0 Å². The maximum Gasteiger partial charge on any atom is 0.0808 e. The second kappa shape index (κ2) is 3.72. The largest absolute Gasteiger partial charge is 0.388 e. The standard InChI is InChI=1S/C11H14OS/c1-2-8-3-4-9-10(12)5-6-13-11(9)7-8/h3-4,7,10,12H,2,5-6H2,1H3. The topological polar surface area (TPSA) is 20.2 Å². The molecule has 2 heteroatoms. The van der Waals surface area contributed by atoms with Gasteiger partial charge in [0.1, 0.15) is 0 Å². The average Bonchev–Trinajstić information content (AvgIpc) is 2.18. The molecule has 70 valence electrons. The molecule has 1 aromatic rings. The minimum absolute atomic E-state index is 0.234. The second-order valence-corrected chi connectivity index (χ2v) is 4.52. The molecule has 0 amide bonds. The van der Waals surface area contributed by atoms with Crippen molar-refractivity contribution in [3.05, 3.63) is 29.3 Å². The predicted octanol–water partition coefficient (Wildman–Crippen LogP) is 2.78. The molecule has 1 nitrogen and oxygen atoms in total. The molecule has 0 aromatic heterocycles. The minimum atomic E-state index is -0.234. The predicted molar refractivity (Wildman–Crippen MR) is 56.1 cm³/mol. The van der Waals surface area contributed by atoms with E-state index in [1.54, 1.807) is 0 Å². The molecule has 0 saturated heterocycles. The minimum Gasteiger partial charge on any atom is -0.388 e. The van der Waals surface area contributed by atoms with Gasteiger partial charge in [0.25, 0.3) is 0 Å². The fourth-order valence-electron chi connectivity index (χ4n) is 1.63. The Bertz CT molecular complexity index is 309. The van der Waals surface area contributed by atoms with Crippen molar-refractivity contribution in [2.45, 2.75) is 30.8 Å². The molecule has 1 unspecified atom stereocenters. The average molecular weight is 194 g/mol. The van der Waals surface area contributed by atoms with Crippen LogP contribution in [0.15, 0.2) is 23.1 Å². The summed E-state index contributed by atoms with van der Waals surface area (Å²) in [5.41, 5.74) is 2.48. The number of fused-ring (bicyclic) bond motifs is 1. The Morgan fingerprint density at radius 3 is 3.15 bits per heavy atom. The van der Waals surface area contributed by atoms with Gasteiger partial charge in [-0.1, -0.05) is 19.1 Å². The van der Waals surface area contributed by atoms with Gasteiger partial charge in [-0.05, 0) is 30.0 Å². The number of benzene rings is 1. The fourth-order valence-corrected chi connectivity index (χ4v) is 2.80.